The summed E-state index contributed by atoms with van der Waals surface area (Å²) in [6, 6.07) is -12.9. The van der Waals surface area contributed by atoms with Crippen molar-refractivity contribution in [2.75, 3.05) is 13.1 Å². The first-order chi connectivity index (χ1) is 39.1. The van der Waals surface area contributed by atoms with Crippen LogP contribution in [0.25, 0.3) is 0 Å². The average Bonchev–Trinajstić information content (AvgIpc) is 3.95. The van der Waals surface area contributed by atoms with Gasteiger partial charge in [-0.25, -0.2) is 4.98 Å². The van der Waals surface area contributed by atoms with Gasteiger partial charge in [0, 0.05) is 44.2 Å². The van der Waals surface area contributed by atoms with E-state index in [0.29, 0.717) is 44.2 Å². The van der Waals surface area contributed by atoms with Gasteiger partial charge in [-0.05, 0) is 77.0 Å². The summed E-state index contributed by atoms with van der Waals surface area (Å²) in [6.07, 6.45) is 1.87. The van der Waals surface area contributed by atoms with Crippen molar-refractivity contribution in [2.45, 2.75) is 212 Å². The Hall–Kier alpha value is -7.92. The van der Waals surface area contributed by atoms with Gasteiger partial charge in [-0.1, -0.05) is 60.3 Å². The van der Waals surface area contributed by atoms with Gasteiger partial charge >= 0.3 is 5.97 Å². The number of aliphatic carboxylic acids is 1. The predicted octanol–water partition coefficient (Wildman–Crippen LogP) is -3.13. The molecule has 0 saturated carbocycles. The monoisotopic (exact) mass is 1170 g/mol. The summed E-state index contributed by atoms with van der Waals surface area (Å²) in [7, 11) is 0. The van der Waals surface area contributed by atoms with Crippen LogP contribution >= 0.6 is 0 Å². The number of aliphatic hydroxyl groups excluding tert-OH is 1. The molecule has 0 radical (unpaired) electrons. The van der Waals surface area contributed by atoms with E-state index >= 15 is 0 Å². The van der Waals surface area contributed by atoms with Crippen LogP contribution in [0.3, 0.4) is 0 Å². The number of imidazole rings is 1. The Balaban J connectivity index is 2.68. The number of rotatable bonds is 19. The fourth-order valence-electron chi connectivity index (χ4n) is 8.68. The van der Waals surface area contributed by atoms with Crippen LogP contribution in [0.15, 0.2) is 17.5 Å². The highest BCUT2D eigenvalue weighted by Crippen LogP contribution is 2.13. The number of carboxylic acids is 1. The highest BCUT2D eigenvalue weighted by molar-refractivity contribution is 5.99. The van der Waals surface area contributed by atoms with E-state index in [-0.39, 0.29) is 75.8 Å². The largest absolute Gasteiger partial charge is 0.481 e. The van der Waals surface area contributed by atoms with Gasteiger partial charge in [0.15, 0.2) is 5.96 Å². The number of amides is 11. The minimum Gasteiger partial charge on any atom is -0.481 e. The number of aromatic nitrogens is 2. The van der Waals surface area contributed by atoms with Crippen LogP contribution in [0, 0.1) is 11.8 Å². The van der Waals surface area contributed by atoms with E-state index in [1.54, 1.807) is 13.8 Å². The van der Waals surface area contributed by atoms with Gasteiger partial charge in [0.2, 0.25) is 65.0 Å². The summed E-state index contributed by atoms with van der Waals surface area (Å²) in [5, 5.41) is 45.9. The second kappa shape index (κ2) is 37.2. The van der Waals surface area contributed by atoms with Crippen molar-refractivity contribution in [1.82, 2.24) is 63.1 Å². The molecule has 2 heterocycles. The molecule has 1 aromatic heterocycles. The molecule has 30 heteroatoms. The predicted molar refractivity (Wildman–Crippen MR) is 302 cm³/mol. The third-order valence-electron chi connectivity index (χ3n) is 13.1. The van der Waals surface area contributed by atoms with E-state index in [4.69, 9.17) is 17.2 Å². The number of hydrogen-bond donors (Lipinski definition) is 16. The maximum absolute atomic E-state index is 14.2. The van der Waals surface area contributed by atoms with Gasteiger partial charge in [-0.2, -0.15) is 0 Å². The van der Waals surface area contributed by atoms with Crippen LogP contribution in [0.1, 0.15) is 150 Å². The number of unbranched alkanes of at least 4 members (excludes halogenated alkanes) is 1. The molecule has 10 atom stereocenters. The topological polar surface area (TPSA) is 485 Å². The number of aromatic amines is 1. The average molecular weight is 1180 g/mol. The molecule has 19 N–H and O–H groups in total. The standard InChI is InChI=1S/C53H90N16O14/c1-8-9-15-33-46(77)61-30(6)44(75)65-37(23-29(4)5)49(80)67-38(24-32-26-57-27-60-32)50(81)68-39(25-40(54)71)51(82)66-36(22-28(2)3)45(76)58-20-13-11-10-12-17-41(72)69-43(31(7)70)52(83)64-35(18-19-42(73)74)48(79)63-34(47(78)62-33)16-14-21-59-53(55)56/h26-31,33-39,43,70H,8-25H2,1-7H3,(H2,54,71)(H,57,60)(H,58,76)(H,61,77)(H,62,78)(H,63,79)(H,64,83)(H,65,75)(H,66,82)(H,67,80)(H,68,81)(H,69,72)(H,73,74)(H4,55,56,59)/t30-,31+,33-,34-,35-,36-,37-,38-,39-,43-/m0/s1. The first-order valence-electron chi connectivity index (χ1n) is 28.3. The van der Waals surface area contributed by atoms with Gasteiger partial charge in [-0.15, -0.1) is 0 Å². The molecule has 1 aromatic rings. The number of aliphatic hydroxyl groups is 1. The number of nitrogens with two attached hydrogens (primary N) is 3. The number of nitrogens with zero attached hydrogens (tertiary/aromatic N) is 2. The van der Waals surface area contributed by atoms with Crippen LogP contribution in [0.2, 0.25) is 0 Å². The van der Waals surface area contributed by atoms with Crippen molar-refractivity contribution >= 4 is 76.9 Å². The van der Waals surface area contributed by atoms with Gasteiger partial charge in [0.05, 0.1) is 18.9 Å². The van der Waals surface area contributed by atoms with Crippen molar-refractivity contribution in [2.24, 2.45) is 34.0 Å². The molecule has 0 aliphatic carbocycles. The molecule has 0 unspecified atom stereocenters. The Labute approximate surface area is 483 Å². The summed E-state index contributed by atoms with van der Waals surface area (Å²) in [6.45, 7) is 11.7. The number of carboxylic acid groups (broad SMARTS) is 1. The quantitative estimate of drug-likeness (QED) is 0.0370. The number of carbonyl (C=O) groups is 12. The van der Waals surface area contributed by atoms with Gasteiger partial charge in [0.1, 0.15) is 54.4 Å². The zero-order chi connectivity index (χ0) is 62.3. The first-order valence-corrected chi connectivity index (χ1v) is 28.3. The number of H-pyrrole nitrogens is 1. The molecule has 30 nitrogen and oxygen atoms in total. The fourth-order valence-corrected chi connectivity index (χ4v) is 8.68. The van der Waals surface area contributed by atoms with E-state index < -0.39 is 151 Å². The Bertz CT molecular complexity index is 2360. The molecule has 11 amide bonds. The van der Waals surface area contributed by atoms with E-state index in [2.05, 4.69) is 68.1 Å². The molecule has 0 spiro atoms. The fraction of sp³-hybridized carbons (Fsp3) is 0.698. The normalized spacial score (nSPS) is 24.8. The highest BCUT2D eigenvalue weighted by atomic mass is 16.4. The Kier molecular flexibility index (Phi) is 31.9. The minimum atomic E-state index is -1.63. The van der Waals surface area contributed by atoms with E-state index in [9.17, 15) is 67.7 Å². The molecule has 1 aliphatic heterocycles. The number of nitrogens with one attached hydrogen (secondary N) is 11. The van der Waals surface area contributed by atoms with Crippen LogP contribution in [-0.4, -0.2) is 171 Å². The lowest BCUT2D eigenvalue weighted by molar-refractivity contribution is -0.139. The van der Waals surface area contributed by atoms with Crippen molar-refractivity contribution in [1.29, 1.82) is 0 Å². The van der Waals surface area contributed by atoms with Crippen molar-refractivity contribution < 1.29 is 67.7 Å². The van der Waals surface area contributed by atoms with Crippen LogP contribution in [0.5, 0.6) is 0 Å². The number of aliphatic imine (C=N–C) groups is 1. The maximum Gasteiger partial charge on any atom is 0.303 e. The Morgan fingerprint density at radius 3 is 1.66 bits per heavy atom. The summed E-state index contributed by atoms with van der Waals surface area (Å²) < 4.78 is 0. The van der Waals surface area contributed by atoms with E-state index in [1.165, 1.54) is 26.4 Å². The van der Waals surface area contributed by atoms with Crippen molar-refractivity contribution in [3.05, 3.63) is 18.2 Å². The number of hydrogen-bond acceptors (Lipinski definition) is 15. The smallest absolute Gasteiger partial charge is 0.303 e. The first kappa shape index (κ1) is 71.2. The van der Waals surface area contributed by atoms with Gasteiger partial charge < -0.3 is 85.6 Å². The third-order valence-corrected chi connectivity index (χ3v) is 13.1. The maximum atomic E-state index is 14.2. The lowest BCUT2D eigenvalue weighted by Crippen LogP contribution is -2.61. The summed E-state index contributed by atoms with van der Waals surface area (Å²) in [5.74, 6) is -11.5. The van der Waals surface area contributed by atoms with E-state index in [1.807, 2.05) is 20.8 Å². The summed E-state index contributed by atoms with van der Waals surface area (Å²) in [5.41, 5.74) is 16.9. The molecule has 1 aliphatic rings. The molecule has 0 bridgehead atoms. The van der Waals surface area contributed by atoms with Crippen molar-refractivity contribution in [3.8, 4) is 0 Å². The summed E-state index contributed by atoms with van der Waals surface area (Å²) >= 11 is 0. The molecule has 2 rings (SSSR count). The Morgan fingerprint density at radius 1 is 0.614 bits per heavy atom. The molecule has 1 fully saturated rings. The lowest BCUT2D eigenvalue weighted by Gasteiger charge is -2.28. The van der Waals surface area contributed by atoms with Crippen LogP contribution in [0.4, 0.5) is 0 Å². The van der Waals surface area contributed by atoms with Crippen molar-refractivity contribution in [3.63, 3.8) is 0 Å². The number of guanidine groups is 1. The minimum absolute atomic E-state index is 0.00938. The highest BCUT2D eigenvalue weighted by Gasteiger charge is 2.36. The zero-order valence-corrected chi connectivity index (χ0v) is 48.7. The van der Waals surface area contributed by atoms with Crippen LogP contribution < -0.4 is 70.4 Å². The van der Waals surface area contributed by atoms with Gasteiger partial charge in [0.25, 0.3) is 0 Å². The zero-order valence-electron chi connectivity index (χ0n) is 48.7. The van der Waals surface area contributed by atoms with E-state index in [0.717, 1.165) is 0 Å². The molecule has 83 heavy (non-hydrogen) atoms. The second-order valence-corrected chi connectivity index (χ2v) is 21.6. The molecular formula is C53H90N16O14. The Morgan fingerprint density at radius 2 is 1.11 bits per heavy atom. The molecule has 1 saturated heterocycles. The molecule has 466 valence electrons. The van der Waals surface area contributed by atoms with Gasteiger partial charge in [-0.3, -0.25) is 62.5 Å². The van der Waals surface area contributed by atoms with Crippen LogP contribution in [-0.2, 0) is 64.0 Å². The number of carbonyl (C=O) groups excluding carboxylic acids is 11. The summed E-state index contributed by atoms with van der Waals surface area (Å²) in [4.78, 5) is 174. The molecular weight excluding hydrogens is 1080 g/mol. The lowest BCUT2D eigenvalue weighted by atomic mass is 10.0. The SMILES string of the molecule is CCCC[C@@H]1NC(=O)[C@H](CCCN=C(N)N)NC(=O)[C@H](CCC(=O)O)NC(=O)[C@H]([C@@H](C)O)NC(=O)CCCCCCNC(=O)[C@H](CC(C)C)NC(=O)[C@H](CC(N)=O)NC(=O)[C@H](Cc2cnc[nH]2)NC(=O)[C@H](CC(C)C)NC(=O)[C@H](C)NC1=O. The third kappa shape index (κ3) is 28.1. The second-order valence-electron chi connectivity index (χ2n) is 21.6. The molecule has 0 aromatic carbocycles. The number of primary amides is 1.